The molecule has 0 aliphatic heterocycles. The van der Waals surface area contributed by atoms with Gasteiger partial charge in [-0.2, -0.15) is 0 Å². The van der Waals surface area contributed by atoms with E-state index >= 15 is 0 Å². The van der Waals surface area contributed by atoms with Crippen LogP contribution in [0.3, 0.4) is 0 Å². The van der Waals surface area contributed by atoms with Gasteiger partial charge >= 0.3 is 5.97 Å². The number of ether oxygens (including phenoxy) is 1. The Morgan fingerprint density at radius 3 is 2.57 bits per heavy atom. The Kier molecular flexibility index (Phi) is 5.39. The lowest BCUT2D eigenvalue weighted by Gasteiger charge is -2.43. The lowest BCUT2D eigenvalue weighted by atomic mass is 9.64. The first kappa shape index (κ1) is 17.4. The van der Waals surface area contributed by atoms with Crippen molar-refractivity contribution in [1.29, 1.82) is 0 Å². The molecule has 0 heterocycles. The van der Waals surface area contributed by atoms with E-state index in [1.807, 2.05) is 18.2 Å². The molecule has 5 heteroatoms. The van der Waals surface area contributed by atoms with E-state index in [-0.39, 0.29) is 17.4 Å². The minimum absolute atomic E-state index is 0.152. The average molecular weight is 319 g/mol. The molecule has 0 aromatic heterocycles. The van der Waals surface area contributed by atoms with Gasteiger partial charge in [0.25, 0.3) is 6.54 Å². The van der Waals surface area contributed by atoms with Crippen molar-refractivity contribution in [2.75, 3.05) is 6.54 Å². The largest absolute Gasteiger partial charge is 0.457 e. The summed E-state index contributed by atoms with van der Waals surface area (Å²) in [4.78, 5) is 21.7. The number of hydrogen-bond acceptors (Lipinski definition) is 4. The third kappa shape index (κ3) is 4.30. The third-order valence-electron chi connectivity index (χ3n) is 5.04. The first-order valence-electron chi connectivity index (χ1n) is 8.17. The van der Waals surface area contributed by atoms with Gasteiger partial charge in [-0.1, -0.05) is 57.5 Å². The summed E-state index contributed by atoms with van der Waals surface area (Å²) in [7, 11) is 0. The van der Waals surface area contributed by atoms with Gasteiger partial charge < -0.3 is 4.74 Å². The summed E-state index contributed by atoms with van der Waals surface area (Å²) in [5, 5.41) is 10.5. The van der Waals surface area contributed by atoms with Crippen LogP contribution in [0, 0.1) is 22.0 Å². The molecular formula is C18H25NO4. The zero-order valence-corrected chi connectivity index (χ0v) is 14.0. The highest BCUT2D eigenvalue weighted by Gasteiger charge is 2.42. The molecule has 1 aromatic rings. The van der Waals surface area contributed by atoms with Crippen molar-refractivity contribution in [1.82, 2.24) is 0 Å². The molecular weight excluding hydrogens is 294 g/mol. The van der Waals surface area contributed by atoms with Crippen LogP contribution in [0.5, 0.6) is 0 Å². The first-order valence-corrected chi connectivity index (χ1v) is 8.17. The van der Waals surface area contributed by atoms with Crippen LogP contribution in [0.1, 0.15) is 45.6 Å². The van der Waals surface area contributed by atoms with Crippen LogP contribution in [0.4, 0.5) is 0 Å². The van der Waals surface area contributed by atoms with Gasteiger partial charge in [0, 0.05) is 10.8 Å². The molecule has 2 rings (SSSR count). The van der Waals surface area contributed by atoms with Crippen LogP contribution < -0.4 is 0 Å². The van der Waals surface area contributed by atoms with Crippen molar-refractivity contribution >= 4 is 5.97 Å². The fraction of sp³-hybridized carbons (Fsp3) is 0.611. The van der Waals surface area contributed by atoms with Gasteiger partial charge in [0.1, 0.15) is 6.10 Å². The molecule has 0 bridgehead atoms. The van der Waals surface area contributed by atoms with Crippen molar-refractivity contribution in [3.63, 3.8) is 0 Å². The summed E-state index contributed by atoms with van der Waals surface area (Å²) in [5.41, 5.74) is 1.05. The van der Waals surface area contributed by atoms with Gasteiger partial charge in [0.05, 0.1) is 0 Å². The molecule has 3 atom stereocenters. The summed E-state index contributed by atoms with van der Waals surface area (Å²) < 4.78 is 5.51. The highest BCUT2D eigenvalue weighted by atomic mass is 16.6. The van der Waals surface area contributed by atoms with Crippen LogP contribution in [0.2, 0.25) is 0 Å². The van der Waals surface area contributed by atoms with E-state index in [4.69, 9.17) is 4.74 Å². The normalized spacial score (nSPS) is 24.9. The molecule has 1 aromatic carbocycles. The average Bonchev–Trinajstić information content (AvgIpc) is 2.47. The maximum absolute atomic E-state index is 11.8. The second-order valence-electron chi connectivity index (χ2n) is 7.13. The second kappa shape index (κ2) is 7.11. The Labute approximate surface area is 137 Å². The van der Waals surface area contributed by atoms with Crippen molar-refractivity contribution in [2.24, 2.45) is 11.8 Å². The van der Waals surface area contributed by atoms with E-state index in [0.717, 1.165) is 19.3 Å². The molecule has 23 heavy (non-hydrogen) atoms. The molecule has 126 valence electrons. The van der Waals surface area contributed by atoms with E-state index in [1.54, 1.807) is 0 Å². The van der Waals surface area contributed by atoms with Gasteiger partial charge in [-0.15, -0.1) is 0 Å². The predicted molar refractivity (Wildman–Crippen MR) is 87.7 cm³/mol. The number of hydrogen-bond donors (Lipinski definition) is 0. The quantitative estimate of drug-likeness (QED) is 0.472. The van der Waals surface area contributed by atoms with E-state index in [9.17, 15) is 14.9 Å². The molecule has 0 radical (unpaired) electrons. The fourth-order valence-electron chi connectivity index (χ4n) is 3.68. The van der Waals surface area contributed by atoms with Gasteiger partial charge in [0.15, 0.2) is 0 Å². The van der Waals surface area contributed by atoms with Gasteiger partial charge in [0.2, 0.25) is 0 Å². The Hall–Kier alpha value is -1.91. The van der Waals surface area contributed by atoms with Gasteiger partial charge in [-0.3, -0.25) is 10.1 Å². The van der Waals surface area contributed by atoms with Crippen molar-refractivity contribution < 1.29 is 14.5 Å². The number of carbonyl (C=O) groups excluding carboxylic acids is 1. The van der Waals surface area contributed by atoms with Crippen LogP contribution in [-0.4, -0.2) is 23.5 Å². The van der Waals surface area contributed by atoms with Crippen LogP contribution in [-0.2, 0) is 14.9 Å². The maximum atomic E-state index is 11.8. The standard InChI is InChI=1S/C18H25NO4/c1-13-9-10-15(16(11-13)23-17(20)12-19(21)22)18(2,3)14-7-5-4-6-8-14/h4-8,13,15-16H,9-12H2,1-3H3/t13-,15-,16-/m1/s1. The molecule has 5 nitrogen and oxygen atoms in total. The van der Waals surface area contributed by atoms with E-state index < -0.39 is 17.4 Å². The number of esters is 1. The minimum atomic E-state index is -0.761. The molecule has 1 aliphatic rings. The molecule has 1 saturated carbocycles. The molecule has 0 N–H and O–H groups in total. The molecule has 1 aliphatic carbocycles. The van der Waals surface area contributed by atoms with Crippen molar-refractivity contribution in [2.45, 2.75) is 51.6 Å². The molecule has 0 saturated heterocycles. The van der Waals surface area contributed by atoms with E-state index in [2.05, 4.69) is 32.9 Å². The van der Waals surface area contributed by atoms with Crippen molar-refractivity contribution in [3.8, 4) is 0 Å². The van der Waals surface area contributed by atoms with Crippen molar-refractivity contribution in [3.05, 3.63) is 46.0 Å². The SMILES string of the molecule is C[C@@H]1CC[C@@H](C(C)(C)c2ccccc2)[C@H](OC(=O)C[N+](=O)[O-])C1. The summed E-state index contributed by atoms with van der Waals surface area (Å²) in [6.07, 6.45) is 2.55. The first-order chi connectivity index (χ1) is 10.8. The Balaban J connectivity index is 2.19. The van der Waals surface area contributed by atoms with Gasteiger partial charge in [-0.05, 0) is 29.7 Å². The fourth-order valence-corrected chi connectivity index (χ4v) is 3.68. The lowest BCUT2D eigenvalue weighted by Crippen LogP contribution is -2.44. The molecule has 0 spiro atoms. The summed E-state index contributed by atoms with van der Waals surface area (Å²) >= 11 is 0. The zero-order valence-electron chi connectivity index (χ0n) is 14.0. The Morgan fingerprint density at radius 1 is 1.30 bits per heavy atom. The molecule has 0 unspecified atom stereocenters. The number of benzene rings is 1. The highest BCUT2D eigenvalue weighted by molar-refractivity contribution is 5.70. The second-order valence-corrected chi connectivity index (χ2v) is 7.13. The number of nitro groups is 1. The number of carbonyl (C=O) groups is 1. The van der Waals surface area contributed by atoms with Gasteiger partial charge in [-0.25, -0.2) is 4.79 Å². The van der Waals surface area contributed by atoms with Crippen LogP contribution >= 0.6 is 0 Å². The third-order valence-corrected chi connectivity index (χ3v) is 5.04. The Morgan fingerprint density at radius 2 is 1.96 bits per heavy atom. The molecule has 0 amide bonds. The van der Waals surface area contributed by atoms with E-state index in [1.165, 1.54) is 5.56 Å². The zero-order chi connectivity index (χ0) is 17.0. The topological polar surface area (TPSA) is 69.4 Å². The monoisotopic (exact) mass is 319 g/mol. The minimum Gasteiger partial charge on any atom is -0.457 e. The predicted octanol–water partition coefficient (Wildman–Crippen LogP) is 3.59. The van der Waals surface area contributed by atoms with Crippen LogP contribution in [0.15, 0.2) is 30.3 Å². The lowest BCUT2D eigenvalue weighted by molar-refractivity contribution is -0.470. The molecule has 1 fully saturated rings. The summed E-state index contributed by atoms with van der Waals surface area (Å²) in [5.74, 6) is -0.106. The summed E-state index contributed by atoms with van der Waals surface area (Å²) in [6.45, 7) is 5.71. The van der Waals surface area contributed by atoms with Crippen LogP contribution in [0.25, 0.3) is 0 Å². The summed E-state index contributed by atoms with van der Waals surface area (Å²) in [6, 6.07) is 10.2. The number of rotatable bonds is 5. The smallest absolute Gasteiger partial charge is 0.378 e. The Bertz CT molecular complexity index is 555. The number of nitrogens with zero attached hydrogens (tertiary/aromatic N) is 1. The maximum Gasteiger partial charge on any atom is 0.378 e. The van der Waals surface area contributed by atoms with E-state index in [0.29, 0.717) is 5.92 Å². The highest BCUT2D eigenvalue weighted by Crippen LogP contribution is 2.43.